The Bertz CT molecular complexity index is 898. The second kappa shape index (κ2) is 10.9. The molecule has 0 saturated carbocycles. The van der Waals surface area contributed by atoms with Crippen molar-refractivity contribution in [3.8, 4) is 5.75 Å². The van der Waals surface area contributed by atoms with Gasteiger partial charge in [-0.15, -0.1) is 0 Å². The molecular weight excluding hydrogens is 446 g/mol. The summed E-state index contributed by atoms with van der Waals surface area (Å²) in [6.07, 6.45) is 0.539. The minimum atomic E-state index is -0.636. The van der Waals surface area contributed by atoms with Crippen molar-refractivity contribution < 1.29 is 23.9 Å². The highest BCUT2D eigenvalue weighted by Crippen LogP contribution is 2.36. The van der Waals surface area contributed by atoms with Gasteiger partial charge in [-0.3, -0.25) is 14.5 Å². The number of ether oxygens (including phenoxy) is 2. The van der Waals surface area contributed by atoms with Crippen molar-refractivity contribution in [2.24, 2.45) is 11.8 Å². The van der Waals surface area contributed by atoms with E-state index in [-0.39, 0.29) is 35.7 Å². The molecule has 3 rings (SSSR count). The maximum atomic E-state index is 13.8. The number of nitrogens with one attached hydrogen (secondary N) is 1. The zero-order chi connectivity index (χ0) is 25.9. The first kappa shape index (κ1) is 26.8. The van der Waals surface area contributed by atoms with Crippen LogP contribution in [0.15, 0.2) is 30.3 Å². The SMILES string of the molecule is CC[C@@H](C)C(=O)N[C@H](C(=O)N1CC[C@@H]2[C@H]1[C@@H](Oc1ccccc1)CN2C(=O)OC(C)(C)C)C(C)C. The molecule has 1 aromatic carbocycles. The molecule has 1 aromatic rings. The summed E-state index contributed by atoms with van der Waals surface area (Å²) < 4.78 is 12.0. The fraction of sp³-hybridized carbons (Fsp3) is 0.667. The third kappa shape index (κ3) is 6.27. The molecule has 8 nitrogen and oxygen atoms in total. The van der Waals surface area contributed by atoms with Crippen LogP contribution in [-0.4, -0.2) is 70.6 Å². The number of hydrogen-bond acceptors (Lipinski definition) is 5. The van der Waals surface area contributed by atoms with E-state index < -0.39 is 23.8 Å². The van der Waals surface area contributed by atoms with E-state index in [4.69, 9.17) is 9.47 Å². The highest BCUT2D eigenvalue weighted by molar-refractivity contribution is 5.89. The van der Waals surface area contributed by atoms with Gasteiger partial charge in [0, 0.05) is 12.5 Å². The zero-order valence-electron chi connectivity index (χ0n) is 22.1. The number of rotatable bonds is 7. The van der Waals surface area contributed by atoms with E-state index in [9.17, 15) is 14.4 Å². The lowest BCUT2D eigenvalue weighted by molar-refractivity contribution is -0.140. The Morgan fingerprint density at radius 1 is 1.09 bits per heavy atom. The van der Waals surface area contributed by atoms with Crippen LogP contribution in [-0.2, 0) is 14.3 Å². The van der Waals surface area contributed by atoms with Gasteiger partial charge in [0.05, 0.1) is 18.6 Å². The van der Waals surface area contributed by atoms with Gasteiger partial charge in [0.25, 0.3) is 0 Å². The monoisotopic (exact) mass is 487 g/mol. The van der Waals surface area contributed by atoms with Gasteiger partial charge >= 0.3 is 6.09 Å². The van der Waals surface area contributed by atoms with Crippen molar-refractivity contribution in [2.75, 3.05) is 13.1 Å². The molecule has 194 valence electrons. The Balaban J connectivity index is 1.86. The summed E-state index contributed by atoms with van der Waals surface area (Å²) in [6, 6.07) is 8.27. The van der Waals surface area contributed by atoms with E-state index >= 15 is 0 Å². The van der Waals surface area contributed by atoms with E-state index in [1.165, 1.54) is 0 Å². The molecule has 0 aromatic heterocycles. The molecule has 8 heteroatoms. The molecule has 0 bridgehead atoms. The average Bonchev–Trinajstić information content (AvgIpc) is 3.37. The van der Waals surface area contributed by atoms with Crippen molar-refractivity contribution in [2.45, 2.75) is 91.1 Å². The fourth-order valence-corrected chi connectivity index (χ4v) is 4.77. The molecule has 2 aliphatic heterocycles. The van der Waals surface area contributed by atoms with E-state index in [1.54, 1.807) is 4.90 Å². The molecular formula is C27H41N3O5. The minimum absolute atomic E-state index is 0.0774. The summed E-state index contributed by atoms with van der Waals surface area (Å²) in [5.74, 6) is 0.197. The van der Waals surface area contributed by atoms with Gasteiger partial charge in [-0.05, 0) is 51.7 Å². The van der Waals surface area contributed by atoms with Crippen LogP contribution in [0.25, 0.3) is 0 Å². The molecule has 3 amide bonds. The molecule has 2 heterocycles. The normalized spacial score (nSPS) is 23.6. The van der Waals surface area contributed by atoms with Crippen LogP contribution in [0.4, 0.5) is 4.79 Å². The van der Waals surface area contributed by atoms with E-state index in [1.807, 2.05) is 83.7 Å². The molecule has 0 spiro atoms. The molecule has 5 atom stereocenters. The van der Waals surface area contributed by atoms with Gasteiger partial charge in [-0.25, -0.2) is 4.79 Å². The maximum absolute atomic E-state index is 13.8. The molecule has 2 saturated heterocycles. The Morgan fingerprint density at radius 2 is 1.74 bits per heavy atom. The zero-order valence-corrected chi connectivity index (χ0v) is 22.1. The second-order valence-electron chi connectivity index (χ2n) is 11.0. The summed E-state index contributed by atoms with van der Waals surface area (Å²) in [5.41, 5.74) is -0.623. The highest BCUT2D eigenvalue weighted by atomic mass is 16.6. The quantitative estimate of drug-likeness (QED) is 0.631. The van der Waals surface area contributed by atoms with E-state index in [0.29, 0.717) is 31.7 Å². The summed E-state index contributed by atoms with van der Waals surface area (Å²) in [4.78, 5) is 43.0. The van der Waals surface area contributed by atoms with Crippen molar-refractivity contribution in [3.63, 3.8) is 0 Å². The Morgan fingerprint density at radius 3 is 2.31 bits per heavy atom. The third-order valence-corrected chi connectivity index (χ3v) is 6.81. The first-order chi connectivity index (χ1) is 16.4. The van der Waals surface area contributed by atoms with Crippen molar-refractivity contribution in [3.05, 3.63) is 30.3 Å². The number of nitrogens with zero attached hydrogens (tertiary/aromatic N) is 2. The number of likely N-dealkylation sites (tertiary alicyclic amines) is 2. The molecule has 2 aliphatic rings. The summed E-state index contributed by atoms with van der Waals surface area (Å²) >= 11 is 0. The molecule has 2 fully saturated rings. The van der Waals surface area contributed by atoms with Gasteiger partial charge in [-0.1, -0.05) is 45.9 Å². The van der Waals surface area contributed by atoms with Gasteiger partial charge in [0.15, 0.2) is 0 Å². The molecule has 0 unspecified atom stereocenters. The predicted octanol–water partition coefficient (Wildman–Crippen LogP) is 3.84. The smallest absolute Gasteiger partial charge is 0.410 e. The number of amides is 3. The average molecular weight is 488 g/mol. The number of carbonyl (C=O) groups excluding carboxylic acids is 3. The Kier molecular flexibility index (Phi) is 8.34. The summed E-state index contributed by atoms with van der Waals surface area (Å²) in [6.45, 7) is 14.0. The summed E-state index contributed by atoms with van der Waals surface area (Å²) in [5, 5.41) is 2.98. The van der Waals surface area contributed by atoms with Crippen LogP contribution < -0.4 is 10.1 Å². The second-order valence-corrected chi connectivity index (χ2v) is 11.0. The predicted molar refractivity (Wildman–Crippen MR) is 134 cm³/mol. The maximum Gasteiger partial charge on any atom is 0.410 e. The van der Waals surface area contributed by atoms with E-state index in [0.717, 1.165) is 0 Å². The molecule has 0 radical (unpaired) electrons. The first-order valence-corrected chi connectivity index (χ1v) is 12.7. The van der Waals surface area contributed by atoms with Crippen LogP contribution in [0.5, 0.6) is 5.75 Å². The summed E-state index contributed by atoms with van der Waals surface area (Å²) in [7, 11) is 0. The number of benzene rings is 1. The van der Waals surface area contributed by atoms with Crippen molar-refractivity contribution in [1.29, 1.82) is 0 Å². The number of para-hydroxylation sites is 1. The third-order valence-electron chi connectivity index (χ3n) is 6.81. The minimum Gasteiger partial charge on any atom is -0.486 e. The number of hydrogen-bond donors (Lipinski definition) is 1. The van der Waals surface area contributed by atoms with Crippen LogP contribution >= 0.6 is 0 Å². The number of fused-ring (bicyclic) bond motifs is 1. The van der Waals surface area contributed by atoms with Crippen LogP contribution in [0.3, 0.4) is 0 Å². The Labute approximate surface area is 209 Å². The highest BCUT2D eigenvalue weighted by Gasteiger charge is 2.54. The Hall–Kier alpha value is -2.77. The number of carbonyl (C=O) groups is 3. The van der Waals surface area contributed by atoms with Crippen LogP contribution in [0, 0.1) is 11.8 Å². The van der Waals surface area contributed by atoms with Gasteiger partial charge in [0.1, 0.15) is 23.5 Å². The van der Waals surface area contributed by atoms with Crippen LogP contribution in [0.1, 0.15) is 61.3 Å². The first-order valence-electron chi connectivity index (χ1n) is 12.7. The fourth-order valence-electron chi connectivity index (χ4n) is 4.77. The van der Waals surface area contributed by atoms with Gasteiger partial charge in [0.2, 0.25) is 11.8 Å². The van der Waals surface area contributed by atoms with Gasteiger partial charge < -0.3 is 19.7 Å². The lowest BCUT2D eigenvalue weighted by atomic mass is 9.99. The van der Waals surface area contributed by atoms with Gasteiger partial charge in [-0.2, -0.15) is 0 Å². The lowest BCUT2D eigenvalue weighted by Gasteiger charge is -2.33. The van der Waals surface area contributed by atoms with Crippen molar-refractivity contribution in [1.82, 2.24) is 15.1 Å². The van der Waals surface area contributed by atoms with Crippen LogP contribution in [0.2, 0.25) is 0 Å². The largest absolute Gasteiger partial charge is 0.486 e. The molecule has 0 aliphatic carbocycles. The lowest BCUT2D eigenvalue weighted by Crippen LogP contribution is -2.56. The molecule has 35 heavy (non-hydrogen) atoms. The topological polar surface area (TPSA) is 88.2 Å². The van der Waals surface area contributed by atoms with Crippen molar-refractivity contribution >= 4 is 17.9 Å². The standard InChI is InChI=1S/C27H41N3O5/c1-8-18(4)24(31)28-22(17(2)3)25(32)29-15-14-20-23(29)21(34-19-12-10-9-11-13-19)16-30(20)26(33)35-27(5,6)7/h9-13,17-18,20-23H,8,14-16H2,1-7H3,(H,28,31)/t18-,20-,21+,22+,23+/m1/s1. The molecule has 1 N–H and O–H groups in total. The van der Waals surface area contributed by atoms with E-state index in [2.05, 4.69) is 5.32 Å².